The van der Waals surface area contributed by atoms with Gasteiger partial charge >= 0.3 is 0 Å². The van der Waals surface area contributed by atoms with Crippen molar-refractivity contribution in [3.63, 3.8) is 0 Å². The second kappa shape index (κ2) is 4.79. The van der Waals surface area contributed by atoms with E-state index in [1.807, 2.05) is 6.07 Å². The second-order valence-electron chi connectivity index (χ2n) is 3.20. The quantitative estimate of drug-likeness (QED) is 0.791. The molecule has 0 saturated heterocycles. The van der Waals surface area contributed by atoms with Gasteiger partial charge in [0.05, 0.1) is 6.26 Å². The van der Waals surface area contributed by atoms with Crippen molar-refractivity contribution in [2.75, 3.05) is 6.61 Å². The van der Waals surface area contributed by atoms with E-state index in [-0.39, 0.29) is 0 Å². The molecule has 0 N–H and O–H groups in total. The molecular weight excluding hydrogens is 214 g/mol. The standard InChI is InChI=1S/C12H10F2O2/c13-12(14)8-16-10-5-3-9(4-6-10)11-2-1-7-15-11/h1-7,12H,8H2. The maximum atomic E-state index is 11.9. The summed E-state index contributed by atoms with van der Waals surface area (Å²) < 4.78 is 33.8. The van der Waals surface area contributed by atoms with Crippen LogP contribution in [0.15, 0.2) is 47.1 Å². The largest absolute Gasteiger partial charge is 0.488 e. The molecule has 0 saturated carbocycles. The van der Waals surface area contributed by atoms with Crippen molar-refractivity contribution in [3.05, 3.63) is 42.7 Å². The Hall–Kier alpha value is -1.84. The van der Waals surface area contributed by atoms with E-state index in [1.165, 1.54) is 0 Å². The minimum absolute atomic E-state index is 0.426. The monoisotopic (exact) mass is 224 g/mol. The average molecular weight is 224 g/mol. The maximum Gasteiger partial charge on any atom is 0.272 e. The molecule has 0 aliphatic heterocycles. The zero-order valence-electron chi connectivity index (χ0n) is 8.40. The first-order chi connectivity index (χ1) is 7.75. The number of halogens is 2. The van der Waals surface area contributed by atoms with Crippen molar-refractivity contribution in [1.29, 1.82) is 0 Å². The van der Waals surface area contributed by atoms with Gasteiger partial charge in [-0.2, -0.15) is 0 Å². The Morgan fingerprint density at radius 3 is 2.44 bits per heavy atom. The van der Waals surface area contributed by atoms with E-state index in [0.717, 1.165) is 11.3 Å². The third kappa shape index (κ3) is 2.59. The number of hydrogen-bond acceptors (Lipinski definition) is 2. The molecule has 0 aliphatic carbocycles. The summed E-state index contributed by atoms with van der Waals surface area (Å²) in [5.41, 5.74) is 0.884. The Balaban J connectivity index is 2.05. The van der Waals surface area contributed by atoms with Crippen LogP contribution in [-0.4, -0.2) is 13.0 Å². The Bertz CT molecular complexity index is 421. The molecular formula is C12H10F2O2. The molecule has 0 atom stereocenters. The van der Waals surface area contributed by atoms with E-state index < -0.39 is 13.0 Å². The molecule has 0 unspecified atom stereocenters. The van der Waals surface area contributed by atoms with E-state index in [0.29, 0.717) is 5.75 Å². The number of rotatable bonds is 4. The molecule has 0 aliphatic rings. The van der Waals surface area contributed by atoms with Crippen molar-refractivity contribution in [1.82, 2.24) is 0 Å². The lowest BCUT2D eigenvalue weighted by Crippen LogP contribution is -2.06. The van der Waals surface area contributed by atoms with E-state index in [2.05, 4.69) is 0 Å². The van der Waals surface area contributed by atoms with Gasteiger partial charge in [0.1, 0.15) is 18.1 Å². The van der Waals surface area contributed by atoms with Crippen LogP contribution in [0.4, 0.5) is 8.78 Å². The Morgan fingerprint density at radius 2 is 1.88 bits per heavy atom. The third-order valence-electron chi connectivity index (χ3n) is 2.04. The van der Waals surface area contributed by atoms with Gasteiger partial charge in [0.15, 0.2) is 0 Å². The predicted octanol–water partition coefficient (Wildman–Crippen LogP) is 3.59. The van der Waals surface area contributed by atoms with Crippen LogP contribution in [0.3, 0.4) is 0 Å². The highest BCUT2D eigenvalue weighted by Crippen LogP contribution is 2.22. The summed E-state index contributed by atoms with van der Waals surface area (Å²) in [6.45, 7) is -0.583. The van der Waals surface area contributed by atoms with Crippen LogP contribution in [0, 0.1) is 0 Å². The molecule has 0 bridgehead atoms. The highest BCUT2D eigenvalue weighted by molar-refractivity contribution is 5.58. The van der Waals surface area contributed by atoms with Crippen LogP contribution in [0.25, 0.3) is 11.3 Å². The van der Waals surface area contributed by atoms with Gasteiger partial charge in [-0.3, -0.25) is 0 Å². The first-order valence-electron chi connectivity index (χ1n) is 4.80. The topological polar surface area (TPSA) is 22.4 Å². The second-order valence-corrected chi connectivity index (χ2v) is 3.20. The Kier molecular flexibility index (Phi) is 3.19. The third-order valence-corrected chi connectivity index (χ3v) is 2.04. The highest BCUT2D eigenvalue weighted by Gasteiger charge is 2.04. The van der Waals surface area contributed by atoms with Gasteiger partial charge in [0.2, 0.25) is 0 Å². The number of ether oxygens (including phenoxy) is 1. The normalized spacial score (nSPS) is 10.7. The maximum absolute atomic E-state index is 11.9. The van der Waals surface area contributed by atoms with Crippen molar-refractivity contribution >= 4 is 0 Å². The van der Waals surface area contributed by atoms with E-state index >= 15 is 0 Å². The van der Waals surface area contributed by atoms with Crippen molar-refractivity contribution in [2.24, 2.45) is 0 Å². The molecule has 84 valence electrons. The fourth-order valence-electron chi connectivity index (χ4n) is 1.32. The Morgan fingerprint density at radius 1 is 1.12 bits per heavy atom. The number of hydrogen-bond donors (Lipinski definition) is 0. The fraction of sp³-hybridized carbons (Fsp3) is 0.167. The van der Waals surface area contributed by atoms with Crippen LogP contribution >= 0.6 is 0 Å². The van der Waals surface area contributed by atoms with Gasteiger partial charge in [0, 0.05) is 5.56 Å². The first-order valence-corrected chi connectivity index (χ1v) is 4.80. The molecule has 1 heterocycles. The van der Waals surface area contributed by atoms with Gasteiger partial charge in [-0.25, -0.2) is 8.78 Å². The van der Waals surface area contributed by atoms with Crippen LogP contribution < -0.4 is 4.74 Å². The molecule has 0 radical (unpaired) electrons. The fourth-order valence-corrected chi connectivity index (χ4v) is 1.32. The average Bonchev–Trinajstić information content (AvgIpc) is 2.80. The SMILES string of the molecule is FC(F)COc1ccc(-c2ccco2)cc1. The molecule has 16 heavy (non-hydrogen) atoms. The molecule has 2 nitrogen and oxygen atoms in total. The molecule has 0 spiro atoms. The predicted molar refractivity (Wildman–Crippen MR) is 55.6 cm³/mol. The molecule has 0 fully saturated rings. The van der Waals surface area contributed by atoms with Crippen molar-refractivity contribution in [3.8, 4) is 17.1 Å². The summed E-state index contributed by atoms with van der Waals surface area (Å²) in [6.07, 6.45) is -0.874. The van der Waals surface area contributed by atoms with Crippen LogP contribution in [0.1, 0.15) is 0 Å². The van der Waals surface area contributed by atoms with E-state index in [4.69, 9.17) is 9.15 Å². The summed E-state index contributed by atoms with van der Waals surface area (Å²) in [7, 11) is 0. The van der Waals surface area contributed by atoms with Crippen LogP contribution in [0.5, 0.6) is 5.75 Å². The molecule has 2 rings (SSSR count). The zero-order valence-corrected chi connectivity index (χ0v) is 8.40. The number of furan rings is 1. The van der Waals surface area contributed by atoms with Gasteiger partial charge in [-0.15, -0.1) is 0 Å². The summed E-state index contributed by atoms with van der Waals surface area (Å²) in [4.78, 5) is 0. The van der Waals surface area contributed by atoms with E-state index in [9.17, 15) is 8.78 Å². The molecule has 1 aromatic heterocycles. The van der Waals surface area contributed by atoms with Crippen molar-refractivity contribution in [2.45, 2.75) is 6.43 Å². The smallest absolute Gasteiger partial charge is 0.272 e. The summed E-state index contributed by atoms with van der Waals surface area (Å²) >= 11 is 0. The van der Waals surface area contributed by atoms with Crippen molar-refractivity contribution < 1.29 is 17.9 Å². The lowest BCUT2D eigenvalue weighted by atomic mass is 10.2. The lowest BCUT2D eigenvalue weighted by molar-refractivity contribution is 0.0819. The van der Waals surface area contributed by atoms with Gasteiger partial charge in [0.25, 0.3) is 6.43 Å². The minimum atomic E-state index is -2.45. The Labute approximate surface area is 91.5 Å². The zero-order chi connectivity index (χ0) is 11.4. The molecule has 2 aromatic rings. The molecule has 1 aromatic carbocycles. The minimum Gasteiger partial charge on any atom is -0.488 e. The number of benzene rings is 1. The molecule has 0 amide bonds. The lowest BCUT2D eigenvalue weighted by Gasteiger charge is -2.05. The van der Waals surface area contributed by atoms with Gasteiger partial charge in [-0.05, 0) is 36.4 Å². The molecule has 4 heteroatoms. The van der Waals surface area contributed by atoms with Gasteiger partial charge < -0.3 is 9.15 Å². The van der Waals surface area contributed by atoms with Gasteiger partial charge in [-0.1, -0.05) is 0 Å². The summed E-state index contributed by atoms with van der Waals surface area (Å²) in [5.74, 6) is 1.16. The van der Waals surface area contributed by atoms with Crippen LogP contribution in [-0.2, 0) is 0 Å². The summed E-state index contributed by atoms with van der Waals surface area (Å²) in [5, 5.41) is 0. The van der Waals surface area contributed by atoms with E-state index in [1.54, 1.807) is 36.6 Å². The number of alkyl halides is 2. The summed E-state index contributed by atoms with van der Waals surface area (Å²) in [6, 6.07) is 10.4. The highest BCUT2D eigenvalue weighted by atomic mass is 19.3. The first kappa shape index (κ1) is 10.7. The van der Waals surface area contributed by atoms with Crippen LogP contribution in [0.2, 0.25) is 0 Å².